The molecule has 0 aliphatic carbocycles. The highest BCUT2D eigenvalue weighted by Crippen LogP contribution is 2.28. The predicted molar refractivity (Wildman–Crippen MR) is 113 cm³/mol. The van der Waals surface area contributed by atoms with Gasteiger partial charge in [-0.25, -0.2) is 4.39 Å². The van der Waals surface area contributed by atoms with Crippen molar-refractivity contribution < 1.29 is 13.9 Å². The molecule has 5 nitrogen and oxygen atoms in total. The summed E-state index contributed by atoms with van der Waals surface area (Å²) in [5.41, 5.74) is 0.453. The van der Waals surface area contributed by atoms with Crippen LogP contribution in [0.3, 0.4) is 0 Å². The minimum Gasteiger partial charge on any atom is -0.474 e. The number of rotatable bonds is 4. The second-order valence-corrected chi connectivity index (χ2v) is 7.29. The number of piperidine rings is 1. The molecule has 1 aliphatic rings. The van der Waals surface area contributed by atoms with E-state index in [4.69, 9.17) is 4.74 Å². The molecule has 1 unspecified atom stereocenters. The molecule has 1 amide bonds. The van der Waals surface area contributed by atoms with Crippen LogP contribution in [0.4, 0.5) is 10.2 Å². The summed E-state index contributed by atoms with van der Waals surface area (Å²) in [7, 11) is 2.13. The Bertz CT molecular complexity index is 787. The number of halogens is 3. The number of nitrogens with zero attached hydrogens (tertiary/aromatic N) is 2. The largest absolute Gasteiger partial charge is 0.474 e. The van der Waals surface area contributed by atoms with Gasteiger partial charge in [0.1, 0.15) is 17.7 Å². The van der Waals surface area contributed by atoms with Crippen molar-refractivity contribution in [3.8, 4) is 5.88 Å². The van der Waals surface area contributed by atoms with E-state index in [1.807, 2.05) is 0 Å². The number of hydrogen-bond acceptors (Lipinski definition) is 4. The second-order valence-electron chi connectivity index (χ2n) is 7.29. The van der Waals surface area contributed by atoms with Crippen LogP contribution in [0, 0.1) is 5.82 Å². The quantitative estimate of drug-likeness (QED) is 0.773. The minimum atomic E-state index is -0.379. The number of pyridine rings is 1. The van der Waals surface area contributed by atoms with Gasteiger partial charge in [-0.05, 0) is 57.6 Å². The molecule has 0 spiro atoms. The SMILES string of the molecule is CN1CCC(Oc2cccc(NC(=O)c3ccc(F)cc3)n2)CC1(C)C.Cl.Cl. The zero-order valence-corrected chi connectivity index (χ0v) is 17.8. The Morgan fingerprint density at radius 2 is 1.89 bits per heavy atom. The molecule has 1 aliphatic heterocycles. The van der Waals surface area contributed by atoms with Crippen LogP contribution >= 0.6 is 24.8 Å². The Labute approximate surface area is 177 Å². The molecule has 1 fully saturated rings. The van der Waals surface area contributed by atoms with Crippen LogP contribution in [0.1, 0.15) is 37.0 Å². The summed E-state index contributed by atoms with van der Waals surface area (Å²) >= 11 is 0. The number of carbonyl (C=O) groups is 1. The first kappa shape index (κ1) is 24.1. The summed E-state index contributed by atoms with van der Waals surface area (Å²) in [6.45, 7) is 5.38. The van der Waals surface area contributed by atoms with Crippen LogP contribution in [-0.4, -0.2) is 41.0 Å². The molecule has 1 aromatic carbocycles. The Morgan fingerprint density at radius 3 is 2.54 bits per heavy atom. The van der Waals surface area contributed by atoms with Crippen molar-refractivity contribution in [1.29, 1.82) is 0 Å². The van der Waals surface area contributed by atoms with Crippen molar-refractivity contribution in [2.45, 2.75) is 38.3 Å². The molecule has 0 saturated carbocycles. The van der Waals surface area contributed by atoms with E-state index in [2.05, 4.69) is 36.1 Å². The third-order valence-corrected chi connectivity index (χ3v) is 4.91. The molecule has 2 aromatic rings. The highest BCUT2D eigenvalue weighted by atomic mass is 35.5. The zero-order valence-electron chi connectivity index (χ0n) is 16.1. The maximum Gasteiger partial charge on any atom is 0.256 e. The Kier molecular flexibility index (Phi) is 8.67. The molecule has 1 atom stereocenters. The molecule has 3 rings (SSSR count). The normalized spacial score (nSPS) is 18.4. The molecular formula is C20H26Cl2FN3O2. The molecule has 0 radical (unpaired) electrons. The summed E-state index contributed by atoms with van der Waals surface area (Å²) in [6.07, 6.45) is 1.95. The van der Waals surface area contributed by atoms with E-state index in [0.717, 1.165) is 19.4 Å². The van der Waals surface area contributed by atoms with E-state index in [9.17, 15) is 9.18 Å². The minimum absolute atomic E-state index is 0. The van der Waals surface area contributed by atoms with Crippen molar-refractivity contribution in [2.24, 2.45) is 0 Å². The number of anilines is 1. The lowest BCUT2D eigenvalue weighted by molar-refractivity contribution is 0.0241. The predicted octanol–water partition coefficient (Wildman–Crippen LogP) is 4.57. The van der Waals surface area contributed by atoms with Crippen molar-refractivity contribution in [3.05, 3.63) is 53.8 Å². The Hall–Kier alpha value is -1.89. The molecule has 2 heterocycles. The van der Waals surface area contributed by atoms with Gasteiger partial charge in [0.25, 0.3) is 5.91 Å². The van der Waals surface area contributed by atoms with Gasteiger partial charge in [0.2, 0.25) is 5.88 Å². The lowest BCUT2D eigenvalue weighted by atomic mass is 9.89. The number of benzene rings is 1. The van der Waals surface area contributed by atoms with Gasteiger partial charge in [0.15, 0.2) is 0 Å². The molecule has 1 aromatic heterocycles. The van der Waals surface area contributed by atoms with Crippen LogP contribution in [-0.2, 0) is 0 Å². The average molecular weight is 430 g/mol. The van der Waals surface area contributed by atoms with Crippen LogP contribution in [0.2, 0.25) is 0 Å². The van der Waals surface area contributed by atoms with Crippen LogP contribution in [0.5, 0.6) is 5.88 Å². The van der Waals surface area contributed by atoms with Gasteiger partial charge < -0.3 is 15.0 Å². The summed E-state index contributed by atoms with van der Waals surface area (Å²) in [5, 5.41) is 2.72. The van der Waals surface area contributed by atoms with Crippen molar-refractivity contribution in [2.75, 3.05) is 18.9 Å². The van der Waals surface area contributed by atoms with Gasteiger partial charge in [0.05, 0.1) is 0 Å². The first-order valence-electron chi connectivity index (χ1n) is 8.75. The summed E-state index contributed by atoms with van der Waals surface area (Å²) < 4.78 is 19.0. The number of nitrogens with one attached hydrogen (secondary N) is 1. The molecule has 154 valence electrons. The number of likely N-dealkylation sites (tertiary alicyclic amines) is 1. The highest BCUT2D eigenvalue weighted by Gasteiger charge is 2.33. The molecule has 28 heavy (non-hydrogen) atoms. The van der Waals surface area contributed by atoms with Crippen molar-refractivity contribution in [1.82, 2.24) is 9.88 Å². The Balaban J connectivity index is 0.00000196. The van der Waals surface area contributed by atoms with Crippen LogP contribution < -0.4 is 10.1 Å². The van der Waals surface area contributed by atoms with Crippen LogP contribution in [0.25, 0.3) is 0 Å². The fourth-order valence-corrected chi connectivity index (χ4v) is 3.07. The summed E-state index contributed by atoms with van der Waals surface area (Å²) in [5.74, 6) is 0.183. The Morgan fingerprint density at radius 1 is 1.21 bits per heavy atom. The van der Waals surface area contributed by atoms with Gasteiger partial charge in [0, 0.05) is 30.1 Å². The standard InChI is InChI=1S/C20H24FN3O2.2ClH/c1-20(2)13-16(11-12-24(20)3)26-18-6-4-5-17(22-18)23-19(25)14-7-9-15(21)10-8-14;;/h4-10,16H,11-13H2,1-3H3,(H,22,23,25);2*1H. The number of ether oxygens (including phenoxy) is 1. The topological polar surface area (TPSA) is 54.5 Å². The number of carbonyl (C=O) groups excluding carboxylic acids is 1. The molecule has 1 saturated heterocycles. The second kappa shape index (κ2) is 10.0. The fourth-order valence-electron chi connectivity index (χ4n) is 3.07. The molecule has 8 heteroatoms. The zero-order chi connectivity index (χ0) is 18.7. The first-order chi connectivity index (χ1) is 12.3. The summed E-state index contributed by atoms with van der Waals surface area (Å²) in [6, 6.07) is 10.7. The molecule has 0 bridgehead atoms. The van der Waals surface area contributed by atoms with Gasteiger partial charge in [-0.3, -0.25) is 4.79 Å². The van der Waals surface area contributed by atoms with E-state index in [-0.39, 0.29) is 48.2 Å². The fraction of sp³-hybridized carbons (Fsp3) is 0.400. The smallest absolute Gasteiger partial charge is 0.256 e. The van der Waals surface area contributed by atoms with E-state index in [1.54, 1.807) is 18.2 Å². The van der Waals surface area contributed by atoms with Gasteiger partial charge in [-0.15, -0.1) is 24.8 Å². The van der Waals surface area contributed by atoms with E-state index in [1.165, 1.54) is 24.3 Å². The van der Waals surface area contributed by atoms with Crippen molar-refractivity contribution >= 4 is 36.5 Å². The summed E-state index contributed by atoms with van der Waals surface area (Å²) in [4.78, 5) is 18.9. The maximum absolute atomic E-state index is 13.0. The van der Waals surface area contributed by atoms with Gasteiger partial charge in [-0.2, -0.15) is 4.98 Å². The van der Waals surface area contributed by atoms with E-state index >= 15 is 0 Å². The van der Waals surface area contributed by atoms with Crippen LogP contribution in [0.15, 0.2) is 42.5 Å². The maximum atomic E-state index is 13.0. The average Bonchev–Trinajstić information content (AvgIpc) is 2.59. The third kappa shape index (κ3) is 6.06. The monoisotopic (exact) mass is 429 g/mol. The lowest BCUT2D eigenvalue weighted by Gasteiger charge is -2.43. The lowest BCUT2D eigenvalue weighted by Crippen LogP contribution is -2.50. The van der Waals surface area contributed by atoms with Gasteiger partial charge >= 0.3 is 0 Å². The third-order valence-electron chi connectivity index (χ3n) is 4.91. The van der Waals surface area contributed by atoms with Crippen molar-refractivity contribution in [3.63, 3.8) is 0 Å². The molecular weight excluding hydrogens is 404 g/mol. The highest BCUT2D eigenvalue weighted by molar-refractivity contribution is 6.03. The molecule has 1 N–H and O–H groups in total. The number of aromatic nitrogens is 1. The van der Waals surface area contributed by atoms with Gasteiger partial charge in [-0.1, -0.05) is 6.07 Å². The van der Waals surface area contributed by atoms with E-state index < -0.39 is 0 Å². The van der Waals surface area contributed by atoms with E-state index in [0.29, 0.717) is 17.3 Å². The number of amides is 1. The number of hydrogen-bond donors (Lipinski definition) is 1. The first-order valence-corrected chi connectivity index (χ1v) is 8.75.